The van der Waals surface area contributed by atoms with E-state index in [1.54, 1.807) is 11.3 Å². The Hall–Kier alpha value is -4.28. The van der Waals surface area contributed by atoms with Crippen LogP contribution in [0.25, 0.3) is 60.4 Å². The van der Waals surface area contributed by atoms with Crippen LogP contribution in [0.5, 0.6) is 0 Å². The zero-order chi connectivity index (χ0) is 22.5. The number of nitrogens with zero attached hydrogens (tertiary/aromatic N) is 3. The fourth-order valence-electron chi connectivity index (χ4n) is 4.76. The van der Waals surface area contributed by atoms with E-state index in [4.69, 9.17) is 9.97 Å². The van der Waals surface area contributed by atoms with E-state index in [2.05, 4.69) is 107 Å². The highest BCUT2D eigenvalue weighted by molar-refractivity contribution is 7.17. The molecule has 0 fully saturated rings. The average molecular weight is 454 g/mol. The molecule has 0 radical (unpaired) electrons. The topological polar surface area (TPSA) is 30.7 Å². The highest BCUT2D eigenvalue weighted by Gasteiger charge is 2.18. The molecule has 4 heteroatoms. The van der Waals surface area contributed by atoms with Gasteiger partial charge in [-0.15, -0.1) is 11.3 Å². The molecule has 0 spiro atoms. The highest BCUT2D eigenvalue weighted by Crippen LogP contribution is 2.38. The molecule has 0 aliphatic carbocycles. The molecule has 0 N–H and O–H groups in total. The van der Waals surface area contributed by atoms with E-state index in [0.29, 0.717) is 5.95 Å². The lowest BCUT2D eigenvalue weighted by atomic mass is 10.1. The van der Waals surface area contributed by atoms with Crippen LogP contribution < -0.4 is 0 Å². The van der Waals surface area contributed by atoms with Gasteiger partial charge < -0.3 is 0 Å². The van der Waals surface area contributed by atoms with Crippen LogP contribution in [0.1, 0.15) is 0 Å². The van der Waals surface area contributed by atoms with Crippen molar-refractivity contribution in [1.29, 1.82) is 0 Å². The summed E-state index contributed by atoms with van der Waals surface area (Å²) >= 11 is 1.76. The lowest BCUT2D eigenvalue weighted by Crippen LogP contribution is -2.04. The third-order valence-electron chi connectivity index (χ3n) is 6.32. The first-order valence-electron chi connectivity index (χ1n) is 11.3. The number of hydrogen-bond donors (Lipinski definition) is 0. The van der Waals surface area contributed by atoms with Gasteiger partial charge in [-0.25, -0.2) is 9.97 Å². The van der Waals surface area contributed by atoms with Crippen LogP contribution in [0.15, 0.2) is 115 Å². The predicted molar refractivity (Wildman–Crippen MR) is 143 cm³/mol. The van der Waals surface area contributed by atoms with Crippen molar-refractivity contribution in [2.45, 2.75) is 0 Å². The van der Waals surface area contributed by atoms with Gasteiger partial charge in [0.15, 0.2) is 0 Å². The normalized spacial score (nSPS) is 11.5. The Labute approximate surface area is 200 Å². The molecule has 0 amide bonds. The van der Waals surface area contributed by atoms with Crippen LogP contribution in [-0.2, 0) is 0 Å². The maximum atomic E-state index is 5.12. The summed E-state index contributed by atoms with van der Waals surface area (Å²) in [5.41, 5.74) is 6.24. The van der Waals surface area contributed by atoms with Gasteiger partial charge in [-0.2, -0.15) is 0 Å². The molecule has 3 aromatic heterocycles. The molecular formula is C30H19N3S. The second kappa shape index (κ2) is 7.65. The van der Waals surface area contributed by atoms with Crippen LogP contribution >= 0.6 is 11.3 Å². The maximum Gasteiger partial charge on any atom is 0.235 e. The molecule has 0 saturated carbocycles. The van der Waals surface area contributed by atoms with E-state index in [-0.39, 0.29) is 0 Å². The number of aromatic nitrogens is 3. The quantitative estimate of drug-likeness (QED) is 0.270. The molecule has 0 aliphatic heterocycles. The molecule has 160 valence electrons. The Morgan fingerprint density at radius 2 is 1.21 bits per heavy atom. The van der Waals surface area contributed by atoms with E-state index >= 15 is 0 Å². The van der Waals surface area contributed by atoms with Crippen LogP contribution in [-0.4, -0.2) is 14.5 Å². The van der Waals surface area contributed by atoms with E-state index in [1.807, 2.05) is 12.1 Å². The summed E-state index contributed by atoms with van der Waals surface area (Å²) in [7, 11) is 0. The molecule has 3 heterocycles. The smallest absolute Gasteiger partial charge is 0.235 e. The van der Waals surface area contributed by atoms with Crippen LogP contribution in [0.2, 0.25) is 0 Å². The largest absolute Gasteiger partial charge is 0.277 e. The molecule has 0 unspecified atom stereocenters. The monoisotopic (exact) mass is 453 g/mol. The summed E-state index contributed by atoms with van der Waals surface area (Å²) in [6.07, 6.45) is 0. The van der Waals surface area contributed by atoms with E-state index in [1.165, 1.54) is 20.9 Å². The molecule has 0 aliphatic rings. The molecule has 34 heavy (non-hydrogen) atoms. The lowest BCUT2D eigenvalue weighted by Gasteiger charge is -2.12. The fourth-order valence-corrected chi connectivity index (χ4v) is 5.55. The summed E-state index contributed by atoms with van der Waals surface area (Å²) in [4.78, 5) is 10.2. The molecule has 7 aromatic rings. The molecule has 0 atom stereocenters. The molecule has 7 rings (SSSR count). The molecule has 0 saturated heterocycles. The number of thiophene rings is 1. The number of fused-ring (bicyclic) bond motifs is 5. The Morgan fingerprint density at radius 3 is 1.91 bits per heavy atom. The molecular weight excluding hydrogens is 434 g/mol. The first-order chi connectivity index (χ1) is 16.9. The van der Waals surface area contributed by atoms with Crippen molar-refractivity contribution >= 4 is 43.2 Å². The minimum Gasteiger partial charge on any atom is -0.277 e. The first kappa shape index (κ1) is 19.2. The molecule has 0 bridgehead atoms. The zero-order valence-corrected chi connectivity index (χ0v) is 19.0. The standard InChI is InChI=1S/C30H19N3S/c1-3-9-20(10-4-1)25-19-26(21-11-5-2-6-12-21)32-30(31-25)33-27-14-8-7-13-22(27)23-15-16-28-24(29(23)33)17-18-34-28/h1-19H. The van der Waals surface area contributed by atoms with Crippen molar-refractivity contribution < 1.29 is 0 Å². The van der Waals surface area contributed by atoms with Crippen LogP contribution in [0.4, 0.5) is 0 Å². The van der Waals surface area contributed by atoms with Gasteiger partial charge >= 0.3 is 0 Å². The van der Waals surface area contributed by atoms with E-state index in [9.17, 15) is 0 Å². The number of para-hydroxylation sites is 1. The van der Waals surface area contributed by atoms with Crippen molar-refractivity contribution in [3.05, 3.63) is 115 Å². The van der Waals surface area contributed by atoms with Crippen molar-refractivity contribution in [2.75, 3.05) is 0 Å². The SMILES string of the molecule is c1ccc(-c2cc(-c3ccccc3)nc(-n3c4ccccc4c4ccc5sccc5c43)n2)cc1. The van der Waals surface area contributed by atoms with Gasteiger partial charge in [-0.1, -0.05) is 84.9 Å². The maximum absolute atomic E-state index is 5.12. The van der Waals surface area contributed by atoms with Crippen LogP contribution in [0.3, 0.4) is 0 Å². The Morgan fingerprint density at radius 1 is 0.559 bits per heavy atom. The Balaban J connectivity index is 1.62. The second-order valence-corrected chi connectivity index (χ2v) is 9.26. The van der Waals surface area contributed by atoms with E-state index in [0.717, 1.165) is 33.5 Å². The summed E-state index contributed by atoms with van der Waals surface area (Å²) in [5, 5.41) is 5.81. The lowest BCUT2D eigenvalue weighted by molar-refractivity contribution is 0.998. The van der Waals surface area contributed by atoms with Gasteiger partial charge in [-0.3, -0.25) is 4.57 Å². The summed E-state index contributed by atoms with van der Waals surface area (Å²) < 4.78 is 3.50. The highest BCUT2D eigenvalue weighted by atomic mass is 32.1. The summed E-state index contributed by atoms with van der Waals surface area (Å²) in [6, 6.07) is 37.9. The van der Waals surface area contributed by atoms with Gasteiger partial charge in [0.05, 0.1) is 22.4 Å². The average Bonchev–Trinajstić information content (AvgIpc) is 3.52. The fraction of sp³-hybridized carbons (Fsp3) is 0. The van der Waals surface area contributed by atoms with Gasteiger partial charge in [-0.05, 0) is 29.6 Å². The van der Waals surface area contributed by atoms with Crippen molar-refractivity contribution in [3.8, 4) is 28.5 Å². The Kier molecular flexibility index (Phi) is 4.32. The van der Waals surface area contributed by atoms with Crippen LogP contribution in [0, 0.1) is 0 Å². The number of rotatable bonds is 3. The zero-order valence-electron chi connectivity index (χ0n) is 18.2. The molecule has 3 nitrogen and oxygen atoms in total. The summed E-state index contributed by atoms with van der Waals surface area (Å²) in [6.45, 7) is 0. The number of hydrogen-bond acceptors (Lipinski definition) is 3. The van der Waals surface area contributed by atoms with Gasteiger partial charge in [0.25, 0.3) is 0 Å². The minimum atomic E-state index is 0.685. The second-order valence-electron chi connectivity index (χ2n) is 8.32. The summed E-state index contributed by atoms with van der Waals surface area (Å²) in [5.74, 6) is 0.685. The van der Waals surface area contributed by atoms with Crippen molar-refractivity contribution in [3.63, 3.8) is 0 Å². The van der Waals surface area contributed by atoms with Crippen molar-refractivity contribution in [2.24, 2.45) is 0 Å². The van der Waals surface area contributed by atoms with Crippen molar-refractivity contribution in [1.82, 2.24) is 14.5 Å². The van der Waals surface area contributed by atoms with E-state index < -0.39 is 0 Å². The molecule has 4 aromatic carbocycles. The number of benzene rings is 4. The third kappa shape index (κ3) is 2.96. The third-order valence-corrected chi connectivity index (χ3v) is 7.20. The first-order valence-corrected chi connectivity index (χ1v) is 12.1. The van der Waals surface area contributed by atoms with Gasteiger partial charge in [0, 0.05) is 32.0 Å². The van der Waals surface area contributed by atoms with Gasteiger partial charge in [0.2, 0.25) is 5.95 Å². The Bertz CT molecular complexity index is 1740. The van der Waals surface area contributed by atoms with Gasteiger partial charge in [0.1, 0.15) is 0 Å². The minimum absolute atomic E-state index is 0.685. The predicted octanol–water partition coefficient (Wildman–Crippen LogP) is 8.12.